The van der Waals surface area contributed by atoms with E-state index < -0.39 is 10.2 Å². The van der Waals surface area contributed by atoms with Crippen LogP contribution < -0.4 is 15.2 Å². The van der Waals surface area contributed by atoms with Gasteiger partial charge in [0.1, 0.15) is 12.4 Å². The molecule has 118 valence electrons. The number of nitrogens with two attached hydrogens (primary N) is 1. The van der Waals surface area contributed by atoms with Gasteiger partial charge >= 0.3 is 0 Å². The zero-order chi connectivity index (χ0) is 15.1. The van der Waals surface area contributed by atoms with Crippen LogP contribution in [0.4, 0.5) is 5.69 Å². The highest BCUT2D eigenvalue weighted by Crippen LogP contribution is 2.13. The molecule has 1 aromatic rings. The molecular weight excluding hydrogens is 290 g/mol. The average molecular weight is 313 g/mol. The molecule has 1 heterocycles. The first-order valence-electron chi connectivity index (χ1n) is 7.31. The zero-order valence-electron chi connectivity index (χ0n) is 12.1. The van der Waals surface area contributed by atoms with Crippen molar-refractivity contribution in [2.75, 3.05) is 32.0 Å². The molecule has 0 atom stereocenters. The normalized spacial score (nSPS) is 17.3. The van der Waals surface area contributed by atoms with Crippen LogP contribution in [-0.4, -0.2) is 39.0 Å². The Morgan fingerprint density at radius 3 is 2.33 bits per heavy atom. The minimum absolute atomic E-state index is 0.253. The highest BCUT2D eigenvalue weighted by Gasteiger charge is 2.22. The van der Waals surface area contributed by atoms with Crippen molar-refractivity contribution >= 4 is 15.9 Å². The second-order valence-electron chi connectivity index (χ2n) is 5.13. The summed E-state index contributed by atoms with van der Waals surface area (Å²) >= 11 is 0. The van der Waals surface area contributed by atoms with E-state index in [-0.39, 0.29) is 13.2 Å². The summed E-state index contributed by atoms with van der Waals surface area (Å²) in [5.41, 5.74) is 6.25. The topological polar surface area (TPSA) is 84.7 Å². The van der Waals surface area contributed by atoms with Gasteiger partial charge in [-0.15, -0.1) is 0 Å². The fraction of sp³-hybridized carbons (Fsp3) is 0.571. The lowest BCUT2D eigenvalue weighted by Crippen LogP contribution is -2.42. The van der Waals surface area contributed by atoms with Gasteiger partial charge in [0.05, 0.1) is 0 Å². The van der Waals surface area contributed by atoms with Crippen molar-refractivity contribution in [2.24, 2.45) is 0 Å². The Balaban J connectivity index is 1.75. The summed E-state index contributed by atoms with van der Waals surface area (Å²) in [6, 6.07) is 7.02. The third kappa shape index (κ3) is 5.18. The Labute approximate surface area is 126 Å². The Hall–Kier alpha value is -1.31. The summed E-state index contributed by atoms with van der Waals surface area (Å²) in [7, 11) is -3.38. The maximum Gasteiger partial charge on any atom is 0.279 e. The van der Waals surface area contributed by atoms with Gasteiger partial charge in [0, 0.05) is 25.3 Å². The smallest absolute Gasteiger partial charge is 0.279 e. The molecule has 21 heavy (non-hydrogen) atoms. The van der Waals surface area contributed by atoms with Gasteiger partial charge in [-0.05, 0) is 37.1 Å². The summed E-state index contributed by atoms with van der Waals surface area (Å²) in [6.07, 6.45) is 4.07. The lowest BCUT2D eigenvalue weighted by molar-refractivity contribution is 0.319. The molecule has 7 heteroatoms. The number of ether oxygens (including phenoxy) is 1. The van der Waals surface area contributed by atoms with Gasteiger partial charge in [0.15, 0.2) is 0 Å². The van der Waals surface area contributed by atoms with Gasteiger partial charge in [-0.2, -0.15) is 17.4 Å². The highest BCUT2D eigenvalue weighted by atomic mass is 32.2. The second-order valence-corrected chi connectivity index (χ2v) is 6.89. The largest absolute Gasteiger partial charge is 0.492 e. The first-order chi connectivity index (χ1) is 10.1. The number of rotatable bonds is 6. The molecule has 0 unspecified atom stereocenters. The van der Waals surface area contributed by atoms with Crippen LogP contribution in [0.1, 0.15) is 25.7 Å². The van der Waals surface area contributed by atoms with E-state index >= 15 is 0 Å². The number of benzene rings is 1. The molecule has 6 nitrogen and oxygen atoms in total. The van der Waals surface area contributed by atoms with Gasteiger partial charge in [0.25, 0.3) is 10.2 Å². The SMILES string of the molecule is Nc1ccc(OCCNS(=O)(=O)N2CCCCCC2)cc1. The number of nitrogens with one attached hydrogen (secondary N) is 1. The van der Waals surface area contributed by atoms with Crippen molar-refractivity contribution in [3.8, 4) is 5.75 Å². The van der Waals surface area contributed by atoms with Crippen LogP contribution >= 0.6 is 0 Å². The van der Waals surface area contributed by atoms with E-state index in [1.165, 1.54) is 4.31 Å². The fourth-order valence-corrected chi connectivity index (χ4v) is 3.54. The molecule has 0 aliphatic carbocycles. The van der Waals surface area contributed by atoms with Gasteiger partial charge < -0.3 is 10.5 Å². The summed E-state index contributed by atoms with van der Waals surface area (Å²) in [6.45, 7) is 1.75. The zero-order valence-corrected chi connectivity index (χ0v) is 12.9. The molecule has 0 radical (unpaired) electrons. The van der Waals surface area contributed by atoms with Crippen LogP contribution in [-0.2, 0) is 10.2 Å². The number of nitrogens with zero attached hydrogens (tertiary/aromatic N) is 1. The summed E-state index contributed by atoms with van der Waals surface area (Å²) in [5, 5.41) is 0. The molecule has 1 aliphatic rings. The van der Waals surface area contributed by atoms with Crippen LogP contribution in [0.3, 0.4) is 0 Å². The van der Waals surface area contributed by atoms with Crippen LogP contribution in [0.25, 0.3) is 0 Å². The molecule has 2 rings (SSSR count). The Morgan fingerprint density at radius 1 is 1.10 bits per heavy atom. The molecule has 3 N–H and O–H groups in total. The van der Waals surface area contributed by atoms with Crippen molar-refractivity contribution < 1.29 is 13.2 Å². The third-order valence-corrected chi connectivity index (χ3v) is 5.05. The lowest BCUT2D eigenvalue weighted by atomic mass is 10.2. The molecular formula is C14H23N3O3S. The Kier molecular flexibility index (Phi) is 5.84. The minimum atomic E-state index is -3.38. The van der Waals surface area contributed by atoms with Crippen molar-refractivity contribution in [3.63, 3.8) is 0 Å². The van der Waals surface area contributed by atoms with E-state index in [0.29, 0.717) is 24.5 Å². The van der Waals surface area contributed by atoms with Gasteiger partial charge in [-0.1, -0.05) is 12.8 Å². The molecule has 0 spiro atoms. The van der Waals surface area contributed by atoms with Crippen molar-refractivity contribution in [1.29, 1.82) is 0 Å². The van der Waals surface area contributed by atoms with E-state index in [0.717, 1.165) is 25.7 Å². The van der Waals surface area contributed by atoms with E-state index in [4.69, 9.17) is 10.5 Å². The van der Waals surface area contributed by atoms with Crippen LogP contribution in [0, 0.1) is 0 Å². The quantitative estimate of drug-likeness (QED) is 0.613. The van der Waals surface area contributed by atoms with Crippen molar-refractivity contribution in [3.05, 3.63) is 24.3 Å². The Morgan fingerprint density at radius 2 is 1.71 bits per heavy atom. The predicted octanol–water partition coefficient (Wildman–Crippen LogP) is 1.36. The van der Waals surface area contributed by atoms with Gasteiger partial charge in [-0.25, -0.2) is 0 Å². The van der Waals surface area contributed by atoms with Gasteiger partial charge in [0.2, 0.25) is 0 Å². The molecule has 0 saturated carbocycles. The molecule has 1 fully saturated rings. The molecule has 0 bridgehead atoms. The van der Waals surface area contributed by atoms with E-state index in [2.05, 4.69) is 4.72 Å². The fourth-order valence-electron chi connectivity index (χ4n) is 2.28. The standard InChI is InChI=1S/C14H23N3O3S/c15-13-5-7-14(8-6-13)20-12-9-16-21(18,19)17-10-3-1-2-4-11-17/h5-8,16H,1-4,9-12,15H2. The number of hydrogen-bond donors (Lipinski definition) is 2. The minimum Gasteiger partial charge on any atom is -0.492 e. The summed E-state index contributed by atoms with van der Waals surface area (Å²) < 4.78 is 33.9. The maximum atomic E-state index is 12.1. The third-order valence-electron chi connectivity index (χ3n) is 3.44. The highest BCUT2D eigenvalue weighted by molar-refractivity contribution is 7.87. The van der Waals surface area contributed by atoms with E-state index in [1.54, 1.807) is 24.3 Å². The van der Waals surface area contributed by atoms with Crippen LogP contribution in [0.2, 0.25) is 0 Å². The molecule has 1 aromatic carbocycles. The first-order valence-corrected chi connectivity index (χ1v) is 8.75. The van der Waals surface area contributed by atoms with Crippen molar-refractivity contribution in [1.82, 2.24) is 9.03 Å². The summed E-state index contributed by atoms with van der Waals surface area (Å²) in [4.78, 5) is 0. The molecule has 1 aliphatic heterocycles. The second kappa shape index (κ2) is 7.63. The van der Waals surface area contributed by atoms with E-state index in [1.807, 2.05) is 0 Å². The van der Waals surface area contributed by atoms with Crippen LogP contribution in [0.5, 0.6) is 5.75 Å². The monoisotopic (exact) mass is 313 g/mol. The van der Waals surface area contributed by atoms with Crippen molar-refractivity contribution in [2.45, 2.75) is 25.7 Å². The number of nitrogen functional groups attached to an aromatic ring is 1. The van der Waals surface area contributed by atoms with Gasteiger partial charge in [-0.3, -0.25) is 0 Å². The molecule has 0 aromatic heterocycles. The molecule has 1 saturated heterocycles. The average Bonchev–Trinajstić information content (AvgIpc) is 2.75. The number of anilines is 1. The van der Waals surface area contributed by atoms with E-state index in [9.17, 15) is 8.42 Å². The van der Waals surface area contributed by atoms with Crippen LogP contribution in [0.15, 0.2) is 24.3 Å². The summed E-state index contributed by atoms with van der Waals surface area (Å²) in [5.74, 6) is 0.679. The maximum absolute atomic E-state index is 12.1. The molecule has 0 amide bonds. The first kappa shape index (κ1) is 16.1. The Bertz CT molecular complexity index is 523. The lowest BCUT2D eigenvalue weighted by Gasteiger charge is -2.20. The predicted molar refractivity (Wildman–Crippen MR) is 83.3 cm³/mol. The number of hydrogen-bond acceptors (Lipinski definition) is 4.